The van der Waals surface area contributed by atoms with Crippen molar-refractivity contribution in [2.45, 2.75) is 39.3 Å². The first-order valence-corrected chi connectivity index (χ1v) is 7.42. The summed E-state index contributed by atoms with van der Waals surface area (Å²) in [4.78, 5) is 21.5. The molecule has 0 saturated carbocycles. The average Bonchev–Trinajstić information content (AvgIpc) is 3.09. The molecule has 1 atom stereocenters. The van der Waals surface area contributed by atoms with Gasteiger partial charge in [-0.3, -0.25) is 10.1 Å². The van der Waals surface area contributed by atoms with Crippen LogP contribution in [0.1, 0.15) is 24.4 Å². The fraction of sp³-hybridized carbons (Fsp3) is 0.467. The van der Waals surface area contributed by atoms with E-state index in [9.17, 15) is 10.1 Å². The highest BCUT2D eigenvalue weighted by Gasteiger charge is 2.27. The van der Waals surface area contributed by atoms with Crippen molar-refractivity contribution >= 4 is 11.5 Å². The van der Waals surface area contributed by atoms with Crippen LogP contribution in [0.3, 0.4) is 0 Å². The van der Waals surface area contributed by atoms with Gasteiger partial charge >= 0.3 is 0 Å². The number of anilines is 1. The van der Waals surface area contributed by atoms with Gasteiger partial charge in [0.1, 0.15) is 17.3 Å². The Kier molecular flexibility index (Phi) is 3.79. The first kappa shape index (κ1) is 14.5. The molecular formula is C15H19N5O2. The maximum atomic E-state index is 10.9. The Morgan fingerprint density at radius 3 is 2.86 bits per heavy atom. The van der Waals surface area contributed by atoms with Crippen LogP contribution >= 0.6 is 0 Å². The topological polar surface area (TPSA) is 77.1 Å². The minimum atomic E-state index is -0.386. The molecule has 1 aliphatic rings. The second-order valence-corrected chi connectivity index (χ2v) is 5.65. The van der Waals surface area contributed by atoms with Gasteiger partial charge in [-0.25, -0.2) is 9.97 Å². The second kappa shape index (κ2) is 5.75. The van der Waals surface area contributed by atoms with Gasteiger partial charge in [0.05, 0.1) is 4.92 Å². The van der Waals surface area contributed by atoms with Crippen molar-refractivity contribution in [3.05, 3.63) is 46.2 Å². The predicted octanol–water partition coefficient (Wildman–Crippen LogP) is 2.47. The standard InChI is InChI=1S/C15H19N5O2/c1-11-14(20(21)22)5-6-15(17-11)19-8-3-4-13(19)10-18-9-7-16-12(18)2/h5-7,9,13H,3-4,8,10H2,1-2H3. The number of nitrogens with zero attached hydrogens (tertiary/aromatic N) is 5. The molecule has 0 radical (unpaired) electrons. The van der Waals surface area contributed by atoms with Gasteiger partial charge in [-0.15, -0.1) is 0 Å². The highest BCUT2D eigenvalue weighted by Crippen LogP contribution is 2.27. The van der Waals surface area contributed by atoms with Crippen molar-refractivity contribution in [3.8, 4) is 0 Å². The van der Waals surface area contributed by atoms with Gasteiger partial charge in [0.25, 0.3) is 5.69 Å². The minimum Gasteiger partial charge on any atom is -0.352 e. The van der Waals surface area contributed by atoms with Gasteiger partial charge in [-0.05, 0) is 32.8 Å². The molecule has 7 heteroatoms. The molecule has 0 spiro atoms. The summed E-state index contributed by atoms with van der Waals surface area (Å²) in [6.07, 6.45) is 5.99. The summed E-state index contributed by atoms with van der Waals surface area (Å²) in [5.74, 6) is 1.82. The van der Waals surface area contributed by atoms with E-state index in [0.29, 0.717) is 11.7 Å². The van der Waals surface area contributed by atoms with Crippen molar-refractivity contribution in [3.63, 3.8) is 0 Å². The third-order valence-corrected chi connectivity index (χ3v) is 4.24. The van der Waals surface area contributed by atoms with E-state index in [2.05, 4.69) is 19.4 Å². The lowest BCUT2D eigenvalue weighted by atomic mass is 10.2. The normalized spacial score (nSPS) is 17.9. The van der Waals surface area contributed by atoms with Crippen molar-refractivity contribution in [2.24, 2.45) is 0 Å². The molecule has 116 valence electrons. The zero-order chi connectivity index (χ0) is 15.7. The number of aromatic nitrogens is 3. The first-order valence-electron chi connectivity index (χ1n) is 7.42. The van der Waals surface area contributed by atoms with E-state index in [0.717, 1.165) is 37.6 Å². The number of pyridine rings is 1. The molecule has 1 aliphatic heterocycles. The maximum absolute atomic E-state index is 10.9. The second-order valence-electron chi connectivity index (χ2n) is 5.65. The summed E-state index contributed by atoms with van der Waals surface area (Å²) in [6.45, 7) is 5.48. The molecule has 0 N–H and O–H groups in total. The van der Waals surface area contributed by atoms with Crippen molar-refractivity contribution < 1.29 is 4.92 Å². The number of hydrogen-bond acceptors (Lipinski definition) is 5. The molecule has 0 aliphatic carbocycles. The lowest BCUT2D eigenvalue weighted by molar-refractivity contribution is -0.385. The fourth-order valence-electron chi connectivity index (χ4n) is 3.04. The molecular weight excluding hydrogens is 282 g/mol. The van der Waals surface area contributed by atoms with Gasteiger partial charge in [0.2, 0.25) is 0 Å². The maximum Gasteiger partial charge on any atom is 0.290 e. The molecule has 0 aromatic carbocycles. The van der Waals surface area contributed by atoms with E-state index in [4.69, 9.17) is 0 Å². The zero-order valence-electron chi connectivity index (χ0n) is 12.8. The summed E-state index contributed by atoms with van der Waals surface area (Å²) in [5, 5.41) is 10.9. The van der Waals surface area contributed by atoms with Crippen LogP contribution in [0, 0.1) is 24.0 Å². The van der Waals surface area contributed by atoms with Crippen LogP contribution in [0.2, 0.25) is 0 Å². The third-order valence-electron chi connectivity index (χ3n) is 4.24. The summed E-state index contributed by atoms with van der Waals surface area (Å²) in [5.41, 5.74) is 0.539. The van der Waals surface area contributed by atoms with Gasteiger partial charge in [-0.2, -0.15) is 0 Å². The minimum absolute atomic E-state index is 0.0740. The summed E-state index contributed by atoms with van der Waals surface area (Å²) >= 11 is 0. The lowest BCUT2D eigenvalue weighted by Gasteiger charge is -2.26. The van der Waals surface area contributed by atoms with Crippen LogP contribution < -0.4 is 4.90 Å². The van der Waals surface area contributed by atoms with Crippen molar-refractivity contribution in [2.75, 3.05) is 11.4 Å². The highest BCUT2D eigenvalue weighted by molar-refractivity contribution is 5.48. The third kappa shape index (κ3) is 2.66. The number of imidazole rings is 1. The molecule has 7 nitrogen and oxygen atoms in total. The highest BCUT2D eigenvalue weighted by atomic mass is 16.6. The van der Waals surface area contributed by atoms with Crippen LogP contribution in [0.4, 0.5) is 11.5 Å². The monoisotopic (exact) mass is 301 g/mol. The molecule has 1 fully saturated rings. The van der Waals surface area contributed by atoms with Crippen LogP contribution in [0.25, 0.3) is 0 Å². The fourth-order valence-corrected chi connectivity index (χ4v) is 3.04. The molecule has 1 saturated heterocycles. The number of nitro groups is 1. The molecule has 1 unspecified atom stereocenters. The van der Waals surface area contributed by atoms with E-state index >= 15 is 0 Å². The Labute approximate surface area is 128 Å². The van der Waals surface area contributed by atoms with Gasteiger partial charge in [0, 0.05) is 37.6 Å². The SMILES string of the molecule is Cc1nc(N2CCCC2Cn2ccnc2C)ccc1[N+](=O)[O-]. The van der Waals surface area contributed by atoms with Crippen molar-refractivity contribution in [1.29, 1.82) is 0 Å². The van der Waals surface area contributed by atoms with E-state index in [1.54, 1.807) is 19.1 Å². The van der Waals surface area contributed by atoms with Gasteiger partial charge in [-0.1, -0.05) is 0 Å². The predicted molar refractivity (Wildman–Crippen MR) is 83.0 cm³/mol. The Morgan fingerprint density at radius 1 is 1.41 bits per heavy atom. The number of aryl methyl sites for hydroxylation is 2. The van der Waals surface area contributed by atoms with Crippen LogP contribution in [-0.2, 0) is 6.54 Å². The number of rotatable bonds is 4. The lowest BCUT2D eigenvalue weighted by Crippen LogP contribution is -2.33. The molecule has 0 amide bonds. The van der Waals surface area contributed by atoms with Crippen LogP contribution in [-0.4, -0.2) is 32.0 Å². The zero-order valence-corrected chi connectivity index (χ0v) is 12.8. The Morgan fingerprint density at radius 2 is 2.23 bits per heavy atom. The van der Waals surface area contributed by atoms with Crippen LogP contribution in [0.5, 0.6) is 0 Å². The van der Waals surface area contributed by atoms with E-state index < -0.39 is 0 Å². The summed E-state index contributed by atoms with van der Waals surface area (Å²) in [7, 11) is 0. The molecule has 2 aromatic rings. The Hall–Kier alpha value is -2.44. The first-order chi connectivity index (χ1) is 10.6. The smallest absolute Gasteiger partial charge is 0.290 e. The summed E-state index contributed by atoms with van der Waals surface area (Å²) in [6, 6.07) is 3.65. The van der Waals surface area contributed by atoms with E-state index in [-0.39, 0.29) is 10.6 Å². The molecule has 3 rings (SSSR count). The van der Waals surface area contributed by atoms with E-state index in [1.165, 1.54) is 0 Å². The van der Waals surface area contributed by atoms with E-state index in [1.807, 2.05) is 19.3 Å². The largest absolute Gasteiger partial charge is 0.352 e. The Balaban J connectivity index is 1.82. The molecule has 2 aromatic heterocycles. The molecule has 0 bridgehead atoms. The molecule has 22 heavy (non-hydrogen) atoms. The van der Waals surface area contributed by atoms with Gasteiger partial charge in [0.15, 0.2) is 0 Å². The Bertz CT molecular complexity index is 697. The summed E-state index contributed by atoms with van der Waals surface area (Å²) < 4.78 is 2.14. The van der Waals surface area contributed by atoms with Crippen molar-refractivity contribution in [1.82, 2.24) is 14.5 Å². The average molecular weight is 301 g/mol. The quantitative estimate of drug-likeness (QED) is 0.640. The molecule has 3 heterocycles. The van der Waals surface area contributed by atoms with Gasteiger partial charge < -0.3 is 9.47 Å². The van der Waals surface area contributed by atoms with Crippen LogP contribution in [0.15, 0.2) is 24.5 Å². The number of hydrogen-bond donors (Lipinski definition) is 0.